The highest BCUT2D eigenvalue weighted by Gasteiger charge is 2.36. The Morgan fingerprint density at radius 3 is 2.46 bits per heavy atom. The maximum atomic E-state index is 14.8. The molecule has 2 aromatic rings. The van der Waals surface area contributed by atoms with Crippen molar-refractivity contribution in [2.24, 2.45) is 0 Å². The van der Waals surface area contributed by atoms with Gasteiger partial charge >= 0.3 is 5.97 Å². The van der Waals surface area contributed by atoms with Gasteiger partial charge in [-0.2, -0.15) is 0 Å². The lowest BCUT2D eigenvalue weighted by molar-refractivity contribution is -0.141. The molecule has 0 saturated heterocycles. The summed E-state index contributed by atoms with van der Waals surface area (Å²) < 4.78 is 45.1. The van der Waals surface area contributed by atoms with Crippen molar-refractivity contribution in [1.82, 2.24) is 4.90 Å². The highest BCUT2D eigenvalue weighted by atomic mass is 28.3. The molecule has 1 amide bonds. The van der Waals surface area contributed by atoms with Gasteiger partial charge in [0.2, 0.25) is 5.91 Å². The summed E-state index contributed by atoms with van der Waals surface area (Å²) in [6.07, 6.45) is -2.40. The minimum absolute atomic E-state index is 0.0272. The van der Waals surface area contributed by atoms with Crippen molar-refractivity contribution < 1.29 is 37.4 Å². The molecule has 10 heteroatoms. The van der Waals surface area contributed by atoms with Gasteiger partial charge in [-0.05, 0) is 52.9 Å². The van der Waals surface area contributed by atoms with E-state index in [1.165, 1.54) is 17.0 Å². The number of benzene rings is 2. The number of carbonyl (C=O) groups is 3. The molecule has 0 radical (unpaired) electrons. The largest absolute Gasteiger partial charge is 0.488 e. The van der Waals surface area contributed by atoms with Crippen molar-refractivity contribution >= 4 is 30.9 Å². The zero-order chi connectivity index (χ0) is 27.3. The Bertz CT molecular complexity index is 1170. The van der Waals surface area contributed by atoms with Crippen LogP contribution in [-0.4, -0.2) is 55.3 Å². The molecule has 0 aliphatic carbocycles. The van der Waals surface area contributed by atoms with E-state index >= 15 is 0 Å². The van der Waals surface area contributed by atoms with Crippen LogP contribution < -0.4 is 9.92 Å². The maximum absolute atomic E-state index is 14.8. The third kappa shape index (κ3) is 7.44. The molecule has 2 aromatic carbocycles. The van der Waals surface area contributed by atoms with Crippen LogP contribution in [0.5, 0.6) is 5.75 Å². The molecule has 1 N–H and O–H groups in total. The number of carbonyl (C=O) groups excluding carboxylic acids is 2. The van der Waals surface area contributed by atoms with Crippen molar-refractivity contribution in [3.63, 3.8) is 0 Å². The number of nitrogens with zero attached hydrogens (tertiary/aromatic N) is 1. The summed E-state index contributed by atoms with van der Waals surface area (Å²) in [4.78, 5) is 38.9. The average molecular weight is 536 g/mol. The number of amides is 1. The Hall–Kier alpha value is -3.14. The summed E-state index contributed by atoms with van der Waals surface area (Å²) in [7, 11) is -1.90. The van der Waals surface area contributed by atoms with E-state index in [-0.39, 0.29) is 55.5 Å². The molecule has 0 saturated carbocycles. The molecule has 3 rings (SSSR count). The van der Waals surface area contributed by atoms with E-state index in [1.807, 2.05) is 19.6 Å². The summed E-state index contributed by atoms with van der Waals surface area (Å²) >= 11 is 0. The fourth-order valence-electron chi connectivity index (χ4n) is 4.58. The van der Waals surface area contributed by atoms with Crippen LogP contribution in [0.3, 0.4) is 0 Å². The molecule has 0 aromatic heterocycles. The average Bonchev–Trinajstić information content (AvgIpc) is 2.80. The first-order valence-corrected chi connectivity index (χ1v) is 15.7. The summed E-state index contributed by atoms with van der Waals surface area (Å²) in [6.45, 7) is 5.54. The lowest BCUT2D eigenvalue weighted by Gasteiger charge is -2.37. The Labute approximate surface area is 215 Å². The van der Waals surface area contributed by atoms with Gasteiger partial charge in [-0.25, -0.2) is 13.2 Å². The van der Waals surface area contributed by atoms with Gasteiger partial charge in [-0.15, -0.1) is 0 Å². The van der Waals surface area contributed by atoms with Crippen LogP contribution in [0.15, 0.2) is 36.4 Å². The minimum atomic E-state index is -2.63. The predicted molar refractivity (Wildman–Crippen MR) is 136 cm³/mol. The second-order valence-electron chi connectivity index (χ2n) is 10.3. The summed E-state index contributed by atoms with van der Waals surface area (Å²) in [5, 5.41) is 9.57. The van der Waals surface area contributed by atoms with Crippen LogP contribution in [0.2, 0.25) is 19.6 Å². The fraction of sp³-hybridized carbons (Fsp3) is 0.444. The number of aliphatic carboxylic acids is 1. The van der Waals surface area contributed by atoms with Gasteiger partial charge < -0.3 is 14.7 Å². The Kier molecular flexibility index (Phi) is 9.17. The van der Waals surface area contributed by atoms with Gasteiger partial charge in [-0.3, -0.25) is 14.4 Å². The standard InChI is InChI=1S/C27H32F3NO5Si/c1-37(2,3)23-10-7-17(13-21(23)28)14-22(32)27-20-9-8-19(36-16-24(29)30)15-18(20)11-12-31(27)25(33)5-4-6-26(34)35/h7-10,13,15,24,27H,4-6,11-12,14,16H2,1-3H3,(H,34,35)/t27-/m1/s1. The monoisotopic (exact) mass is 535 g/mol. The van der Waals surface area contributed by atoms with Crippen LogP contribution in [0, 0.1) is 5.82 Å². The molecule has 0 unspecified atom stereocenters. The van der Waals surface area contributed by atoms with E-state index in [2.05, 4.69) is 0 Å². The number of rotatable bonds is 11. The third-order valence-corrected chi connectivity index (χ3v) is 8.37. The second kappa shape index (κ2) is 11.9. The summed E-state index contributed by atoms with van der Waals surface area (Å²) in [6, 6.07) is 8.57. The zero-order valence-electron chi connectivity index (χ0n) is 21.2. The van der Waals surface area contributed by atoms with E-state index in [0.29, 0.717) is 28.3 Å². The first-order valence-electron chi connectivity index (χ1n) is 12.2. The Morgan fingerprint density at radius 2 is 1.84 bits per heavy atom. The normalized spacial score (nSPS) is 15.4. The smallest absolute Gasteiger partial charge is 0.303 e. The molecule has 0 spiro atoms. The first kappa shape index (κ1) is 28.4. The van der Waals surface area contributed by atoms with Crippen LogP contribution >= 0.6 is 0 Å². The number of carboxylic acid groups (broad SMARTS) is 1. The number of hydrogen-bond donors (Lipinski definition) is 1. The van der Waals surface area contributed by atoms with Gasteiger partial charge in [0.1, 0.15) is 24.2 Å². The van der Waals surface area contributed by atoms with Gasteiger partial charge in [0.25, 0.3) is 6.43 Å². The first-order chi connectivity index (χ1) is 17.4. The molecule has 37 heavy (non-hydrogen) atoms. The highest BCUT2D eigenvalue weighted by Crippen LogP contribution is 2.34. The molecule has 1 aliphatic rings. The fourth-order valence-corrected chi connectivity index (χ4v) is 5.95. The van der Waals surface area contributed by atoms with Gasteiger partial charge in [0.15, 0.2) is 5.78 Å². The number of ketones is 1. The summed E-state index contributed by atoms with van der Waals surface area (Å²) in [5.74, 6) is -1.77. The lowest BCUT2D eigenvalue weighted by Crippen LogP contribution is -2.44. The molecule has 0 bridgehead atoms. The van der Waals surface area contributed by atoms with Gasteiger partial charge in [-0.1, -0.05) is 37.8 Å². The van der Waals surface area contributed by atoms with Crippen molar-refractivity contribution in [2.75, 3.05) is 13.2 Å². The SMILES string of the molecule is C[Si](C)(C)c1ccc(CC(=O)[C@H]2c3ccc(OCC(F)F)cc3CCN2C(=O)CCCC(=O)O)cc1F. The molecular formula is C27H32F3NO5Si. The van der Waals surface area contributed by atoms with Crippen molar-refractivity contribution in [2.45, 2.75) is 64.2 Å². The van der Waals surface area contributed by atoms with Crippen LogP contribution in [-0.2, 0) is 27.2 Å². The number of carboxylic acids is 1. The molecule has 200 valence electrons. The number of fused-ring (bicyclic) bond motifs is 1. The third-order valence-electron chi connectivity index (χ3n) is 6.35. The molecule has 1 atom stereocenters. The van der Waals surface area contributed by atoms with Crippen LogP contribution in [0.4, 0.5) is 13.2 Å². The molecule has 0 fully saturated rings. The van der Waals surface area contributed by atoms with E-state index in [0.717, 1.165) is 0 Å². The summed E-state index contributed by atoms with van der Waals surface area (Å²) in [5.41, 5.74) is 1.76. The van der Waals surface area contributed by atoms with E-state index < -0.39 is 33.1 Å². The lowest BCUT2D eigenvalue weighted by atomic mass is 9.87. The molecular weight excluding hydrogens is 503 g/mol. The van der Waals surface area contributed by atoms with Crippen molar-refractivity contribution in [3.8, 4) is 5.75 Å². The highest BCUT2D eigenvalue weighted by molar-refractivity contribution is 6.88. The van der Waals surface area contributed by atoms with Gasteiger partial charge in [0.05, 0.1) is 8.07 Å². The Balaban J connectivity index is 1.89. The number of alkyl halides is 2. The van der Waals surface area contributed by atoms with E-state index in [1.54, 1.807) is 24.3 Å². The predicted octanol–water partition coefficient (Wildman–Crippen LogP) is 4.51. The van der Waals surface area contributed by atoms with Crippen LogP contribution in [0.25, 0.3) is 0 Å². The molecule has 1 heterocycles. The van der Waals surface area contributed by atoms with Crippen molar-refractivity contribution in [3.05, 3.63) is 58.9 Å². The van der Waals surface area contributed by atoms with Crippen molar-refractivity contribution in [1.29, 1.82) is 0 Å². The maximum Gasteiger partial charge on any atom is 0.303 e. The number of hydrogen-bond acceptors (Lipinski definition) is 4. The van der Waals surface area contributed by atoms with E-state index in [9.17, 15) is 27.6 Å². The number of ether oxygens (including phenoxy) is 1. The Morgan fingerprint density at radius 1 is 1.11 bits per heavy atom. The van der Waals surface area contributed by atoms with Crippen LogP contribution in [0.1, 0.15) is 42.0 Å². The quantitative estimate of drug-likeness (QED) is 0.428. The second-order valence-corrected chi connectivity index (χ2v) is 15.3. The number of halogens is 3. The zero-order valence-corrected chi connectivity index (χ0v) is 22.2. The van der Waals surface area contributed by atoms with E-state index in [4.69, 9.17) is 9.84 Å². The molecule has 6 nitrogen and oxygen atoms in total. The molecule has 1 aliphatic heterocycles. The minimum Gasteiger partial charge on any atom is -0.488 e. The topological polar surface area (TPSA) is 83.9 Å². The van der Waals surface area contributed by atoms with Gasteiger partial charge in [0, 0.05) is 25.8 Å². The number of Topliss-reactive ketones (excluding diaryl/α,β-unsaturated/α-hetero) is 1.